The molecule has 4 aliphatic rings. The Morgan fingerprint density at radius 3 is 2.39 bits per heavy atom. The van der Waals surface area contributed by atoms with E-state index in [-0.39, 0.29) is 48.0 Å². The van der Waals surface area contributed by atoms with E-state index >= 15 is 0 Å². The molecule has 0 aromatic carbocycles. The van der Waals surface area contributed by atoms with Crippen LogP contribution in [0.1, 0.15) is 80.1 Å². The van der Waals surface area contributed by atoms with E-state index in [4.69, 9.17) is 14.2 Å². The van der Waals surface area contributed by atoms with Crippen molar-refractivity contribution in [1.82, 2.24) is 0 Å². The number of hydrogen-bond acceptors (Lipinski definition) is 9. The number of ether oxygens (including phenoxy) is 3. The van der Waals surface area contributed by atoms with Crippen LogP contribution in [0.2, 0.25) is 0 Å². The van der Waals surface area contributed by atoms with Gasteiger partial charge in [0, 0.05) is 18.3 Å². The van der Waals surface area contributed by atoms with E-state index in [1.165, 1.54) is 33.5 Å². The summed E-state index contributed by atoms with van der Waals surface area (Å²) >= 11 is 0. The van der Waals surface area contributed by atoms with Gasteiger partial charge in [-0.2, -0.15) is 0 Å². The third-order valence-corrected chi connectivity index (χ3v) is 11.4. The minimum Gasteiger partial charge on any atom is -0.469 e. The Bertz CT molecular complexity index is 1080. The lowest BCUT2D eigenvalue weighted by atomic mass is 9.45. The van der Waals surface area contributed by atoms with E-state index in [9.17, 15) is 30.0 Å². The molecule has 0 amide bonds. The quantitative estimate of drug-likeness (QED) is 0.264. The van der Waals surface area contributed by atoms with E-state index in [0.29, 0.717) is 12.8 Å². The highest BCUT2D eigenvalue weighted by atomic mass is 16.7. The van der Waals surface area contributed by atoms with E-state index < -0.39 is 47.1 Å². The van der Waals surface area contributed by atoms with Crippen molar-refractivity contribution in [3.05, 3.63) is 23.8 Å². The molecule has 4 N–H and O–H groups in total. The number of esters is 2. The maximum atomic E-state index is 12.5. The minimum absolute atomic E-state index is 0.0497. The van der Waals surface area contributed by atoms with Crippen LogP contribution >= 0.6 is 0 Å². The monoisotopic (exact) mass is 578 g/mol. The van der Waals surface area contributed by atoms with Crippen LogP contribution in [0.3, 0.4) is 0 Å². The van der Waals surface area contributed by atoms with Crippen molar-refractivity contribution in [3.63, 3.8) is 0 Å². The first kappa shape index (κ1) is 32.1. The molecule has 1 heterocycles. The number of rotatable bonds is 7. The fraction of sp³-hybridized carbons (Fsp3) is 0.812. The number of aliphatic hydroxyl groups excluding tert-OH is 2. The van der Waals surface area contributed by atoms with Gasteiger partial charge < -0.3 is 34.6 Å². The molecule has 0 bridgehead atoms. The Labute approximate surface area is 243 Å². The number of fused-ring (bicyclic) bond motifs is 3. The first-order valence-electron chi connectivity index (χ1n) is 15.0. The summed E-state index contributed by atoms with van der Waals surface area (Å²) in [6.45, 7) is 14.9. The molecular formula is C32H50O9. The zero-order valence-electron chi connectivity index (χ0n) is 25.7. The Kier molecular flexibility index (Phi) is 8.66. The molecular weight excluding hydrogens is 528 g/mol. The largest absolute Gasteiger partial charge is 0.469 e. The maximum absolute atomic E-state index is 12.5. The first-order valence-corrected chi connectivity index (χ1v) is 15.0. The van der Waals surface area contributed by atoms with Gasteiger partial charge in [-0.15, -0.1) is 0 Å². The summed E-state index contributed by atoms with van der Waals surface area (Å²) in [7, 11) is 1.32. The molecule has 4 rings (SSSR count). The zero-order valence-corrected chi connectivity index (χ0v) is 25.7. The van der Waals surface area contributed by atoms with Crippen molar-refractivity contribution >= 4 is 11.9 Å². The second-order valence-electron chi connectivity index (χ2n) is 14.1. The highest BCUT2D eigenvalue weighted by Gasteiger charge is 2.64. The second-order valence-corrected chi connectivity index (χ2v) is 14.1. The van der Waals surface area contributed by atoms with Crippen molar-refractivity contribution in [2.75, 3.05) is 13.7 Å². The fourth-order valence-electron chi connectivity index (χ4n) is 9.17. The van der Waals surface area contributed by atoms with Gasteiger partial charge in [0.2, 0.25) is 5.79 Å². The van der Waals surface area contributed by atoms with Crippen LogP contribution in [-0.2, 0) is 23.8 Å². The number of hydrogen-bond donors (Lipinski definition) is 4. The van der Waals surface area contributed by atoms with Crippen molar-refractivity contribution in [2.45, 2.75) is 110 Å². The number of carbonyl (C=O) groups excluding carboxylic acids is 2. The van der Waals surface area contributed by atoms with Crippen molar-refractivity contribution in [1.29, 1.82) is 0 Å². The molecule has 0 radical (unpaired) electrons. The third-order valence-electron chi connectivity index (χ3n) is 11.4. The summed E-state index contributed by atoms with van der Waals surface area (Å²) in [6.07, 6.45) is 2.58. The topological polar surface area (TPSA) is 143 Å². The van der Waals surface area contributed by atoms with Crippen LogP contribution in [-0.4, -0.2) is 75.8 Å². The van der Waals surface area contributed by atoms with Crippen molar-refractivity contribution in [3.8, 4) is 0 Å². The highest BCUT2D eigenvalue weighted by Crippen LogP contribution is 2.66. The van der Waals surface area contributed by atoms with Gasteiger partial charge in [0.15, 0.2) is 0 Å². The zero-order chi connectivity index (χ0) is 30.7. The van der Waals surface area contributed by atoms with Gasteiger partial charge in [0.05, 0.1) is 26.2 Å². The van der Waals surface area contributed by atoms with Gasteiger partial charge in [-0.05, 0) is 82.0 Å². The molecule has 41 heavy (non-hydrogen) atoms. The predicted octanol–water partition coefficient (Wildman–Crippen LogP) is 3.28. The van der Waals surface area contributed by atoms with Crippen LogP contribution in [0.5, 0.6) is 0 Å². The molecule has 232 valence electrons. The molecule has 2 saturated carbocycles. The lowest BCUT2D eigenvalue weighted by Crippen LogP contribution is -2.64. The molecule has 3 aliphatic carbocycles. The number of allylic oxidation sites excluding steroid dienone is 2. The molecule has 3 fully saturated rings. The molecule has 11 atom stereocenters. The Morgan fingerprint density at radius 2 is 1.85 bits per heavy atom. The maximum Gasteiger partial charge on any atom is 0.309 e. The number of methoxy groups -OCH3 is 1. The lowest BCUT2D eigenvalue weighted by Gasteiger charge is -2.61. The first-order chi connectivity index (χ1) is 18.9. The highest BCUT2D eigenvalue weighted by molar-refractivity contribution is 5.71. The van der Waals surface area contributed by atoms with E-state index in [0.717, 1.165) is 24.8 Å². The molecule has 0 spiro atoms. The minimum atomic E-state index is -2.04. The van der Waals surface area contributed by atoms with E-state index in [1.54, 1.807) is 0 Å². The summed E-state index contributed by atoms with van der Waals surface area (Å²) in [5, 5.41) is 44.0. The van der Waals surface area contributed by atoms with E-state index in [1.807, 2.05) is 6.92 Å². The summed E-state index contributed by atoms with van der Waals surface area (Å²) in [4.78, 5) is 24.8. The Balaban J connectivity index is 1.67. The summed E-state index contributed by atoms with van der Waals surface area (Å²) in [5.74, 6) is -3.33. The SMILES string of the molecule is C=C(C)[C@@H]1CC(O)[C@H]2C3=CC[C@@H]([C@H]4COC(O)(C(C)(C)O)C(O)C4)[C@]3(C)CC[C@@H]2[C@@]1(C)C(CC(=O)OC)OC(C)=O. The average Bonchev–Trinajstić information content (AvgIpc) is 3.22. The summed E-state index contributed by atoms with van der Waals surface area (Å²) in [5.41, 5.74) is -0.502. The number of carbonyl (C=O) groups is 2. The summed E-state index contributed by atoms with van der Waals surface area (Å²) in [6, 6.07) is 0. The standard InChI is InChI=1S/C32H50O9/c1-17(2)23-14-24(34)28-21-10-9-20(19-13-25(35)32(38,40-16-19)29(4,5)37)30(21,6)12-11-22(28)31(23,7)26(41-18(3)33)15-27(36)39-8/h10,19-20,22-26,28,34-35,37-38H,1,9,11-16H2,2-8H3/t19-,20+,22+,23+,24?,25?,26?,28+,30+,31-,32?/m1/s1. The second kappa shape index (κ2) is 11.1. The molecule has 9 nitrogen and oxygen atoms in total. The number of aliphatic hydroxyl groups is 4. The van der Waals surface area contributed by atoms with Crippen LogP contribution in [0.25, 0.3) is 0 Å². The van der Waals surface area contributed by atoms with Gasteiger partial charge in [-0.3, -0.25) is 9.59 Å². The van der Waals surface area contributed by atoms with Crippen LogP contribution in [0, 0.1) is 40.4 Å². The lowest BCUT2D eigenvalue weighted by molar-refractivity contribution is -0.353. The molecule has 1 aliphatic heterocycles. The molecule has 0 aromatic heterocycles. The van der Waals surface area contributed by atoms with Crippen LogP contribution in [0.15, 0.2) is 23.8 Å². The van der Waals surface area contributed by atoms with Crippen molar-refractivity contribution in [2.24, 2.45) is 40.4 Å². The smallest absolute Gasteiger partial charge is 0.309 e. The molecule has 0 aromatic rings. The van der Waals surface area contributed by atoms with Crippen LogP contribution in [0.4, 0.5) is 0 Å². The van der Waals surface area contributed by atoms with Crippen LogP contribution < -0.4 is 0 Å². The van der Waals surface area contributed by atoms with Gasteiger partial charge in [-0.1, -0.05) is 37.6 Å². The Morgan fingerprint density at radius 1 is 1.20 bits per heavy atom. The van der Waals surface area contributed by atoms with Gasteiger partial charge in [0.1, 0.15) is 17.8 Å². The normalized spacial score (nSPS) is 43.3. The third kappa shape index (κ3) is 5.20. The molecule has 4 unspecified atom stereocenters. The van der Waals surface area contributed by atoms with Gasteiger partial charge >= 0.3 is 11.9 Å². The summed E-state index contributed by atoms with van der Waals surface area (Å²) < 4.78 is 16.6. The van der Waals surface area contributed by atoms with Gasteiger partial charge in [0.25, 0.3) is 0 Å². The average molecular weight is 579 g/mol. The fourth-order valence-corrected chi connectivity index (χ4v) is 9.17. The van der Waals surface area contributed by atoms with Crippen molar-refractivity contribution < 1.29 is 44.2 Å². The Hall–Kier alpha value is -1.78. The molecule has 9 heteroatoms. The predicted molar refractivity (Wildman–Crippen MR) is 151 cm³/mol. The van der Waals surface area contributed by atoms with Gasteiger partial charge in [-0.25, -0.2) is 0 Å². The van der Waals surface area contributed by atoms with E-state index in [2.05, 4.69) is 26.5 Å². The molecule has 1 saturated heterocycles.